The molecule has 2 atom stereocenters. The van der Waals surface area contributed by atoms with Crippen molar-refractivity contribution in [1.82, 2.24) is 0 Å². The Kier molecular flexibility index (Phi) is 7.94. The molecular weight excluding hydrogens is 579 g/mol. The van der Waals surface area contributed by atoms with E-state index in [1.54, 1.807) is 33.7 Å². The molecule has 0 bridgehead atoms. The van der Waals surface area contributed by atoms with E-state index in [1.807, 2.05) is 48.5 Å². The number of alkyl halides is 2. The van der Waals surface area contributed by atoms with Crippen molar-refractivity contribution in [3.63, 3.8) is 0 Å². The summed E-state index contributed by atoms with van der Waals surface area (Å²) in [7, 11) is 0. The van der Waals surface area contributed by atoms with E-state index in [4.69, 9.17) is 23.2 Å². The molecule has 0 aromatic heterocycles. The maximum Gasteiger partial charge on any atom is 0.227 e. The van der Waals surface area contributed by atoms with Crippen molar-refractivity contribution in [3.8, 4) is 11.5 Å². The number of halogens is 2. The number of hydrogen-bond donors (Lipinski definition) is 2. The average molecular weight is 610 g/mol. The highest BCUT2D eigenvalue weighted by Gasteiger charge is 2.35. The Hall–Kier alpha value is -3.13. The van der Waals surface area contributed by atoms with Gasteiger partial charge in [0.1, 0.15) is 11.5 Å². The van der Waals surface area contributed by atoms with Crippen molar-refractivity contribution in [2.24, 2.45) is 0 Å². The summed E-state index contributed by atoms with van der Waals surface area (Å²) in [4.78, 5) is 30.0. The van der Waals surface area contributed by atoms with Crippen molar-refractivity contribution in [2.75, 3.05) is 46.2 Å². The second-order valence-electron chi connectivity index (χ2n) is 10.6. The zero-order valence-electron chi connectivity index (χ0n) is 22.4. The van der Waals surface area contributed by atoms with Crippen LogP contribution < -0.4 is 9.80 Å². The van der Waals surface area contributed by atoms with Crippen LogP contribution in [0, 0.1) is 0 Å². The van der Waals surface area contributed by atoms with Crippen LogP contribution in [0.3, 0.4) is 0 Å². The largest absolute Gasteiger partial charge is 0.507 e. The number of phenols is 2. The van der Waals surface area contributed by atoms with E-state index in [0.717, 1.165) is 44.0 Å². The molecule has 0 unspecified atom stereocenters. The molecule has 0 saturated heterocycles. The van der Waals surface area contributed by atoms with Crippen molar-refractivity contribution in [3.05, 3.63) is 71.8 Å². The van der Waals surface area contributed by atoms with Gasteiger partial charge in [0.25, 0.3) is 0 Å². The highest BCUT2D eigenvalue weighted by atomic mass is 35.5. The van der Waals surface area contributed by atoms with Gasteiger partial charge in [0.05, 0.1) is 11.4 Å². The van der Waals surface area contributed by atoms with E-state index >= 15 is 0 Å². The predicted octanol–water partition coefficient (Wildman–Crippen LogP) is 6.96. The van der Waals surface area contributed by atoms with Gasteiger partial charge in [-0.3, -0.25) is 9.59 Å². The van der Waals surface area contributed by atoms with Gasteiger partial charge < -0.3 is 20.0 Å². The van der Waals surface area contributed by atoms with Gasteiger partial charge in [-0.05, 0) is 21.9 Å². The van der Waals surface area contributed by atoms with Crippen LogP contribution in [0.4, 0.5) is 11.4 Å². The van der Waals surface area contributed by atoms with Crippen LogP contribution in [0.1, 0.15) is 35.8 Å². The summed E-state index contributed by atoms with van der Waals surface area (Å²) in [5.74, 6) is 2.21. The number of benzene rings is 4. The molecule has 4 aromatic carbocycles. The lowest BCUT2D eigenvalue weighted by atomic mass is 9.95. The van der Waals surface area contributed by atoms with E-state index < -0.39 is 0 Å². The van der Waals surface area contributed by atoms with Gasteiger partial charge in [-0.25, -0.2) is 0 Å². The summed E-state index contributed by atoms with van der Waals surface area (Å²) in [6, 6.07) is 18.7. The van der Waals surface area contributed by atoms with Crippen LogP contribution in [-0.4, -0.2) is 58.4 Å². The van der Waals surface area contributed by atoms with Gasteiger partial charge in [-0.1, -0.05) is 48.5 Å². The van der Waals surface area contributed by atoms with E-state index in [-0.39, 0.29) is 35.1 Å². The molecule has 2 amide bonds. The second-order valence-corrected chi connectivity index (χ2v) is 12.4. The Bertz CT molecular complexity index is 1540. The molecule has 6 rings (SSSR count). The van der Waals surface area contributed by atoms with Crippen molar-refractivity contribution in [2.45, 2.75) is 24.7 Å². The highest BCUT2D eigenvalue weighted by molar-refractivity contribution is 7.99. The zero-order chi connectivity index (χ0) is 28.7. The molecule has 0 saturated carbocycles. The molecule has 2 heterocycles. The summed E-state index contributed by atoms with van der Waals surface area (Å²) >= 11 is 14.2. The van der Waals surface area contributed by atoms with Crippen LogP contribution in [0.2, 0.25) is 0 Å². The number of amides is 2. The first kappa shape index (κ1) is 28.0. The number of phenolic OH excluding ortho intramolecular Hbond substituents is 2. The number of anilines is 2. The van der Waals surface area contributed by atoms with E-state index in [0.29, 0.717) is 49.2 Å². The van der Waals surface area contributed by atoms with Gasteiger partial charge in [0.2, 0.25) is 11.8 Å². The molecule has 2 aliphatic rings. The van der Waals surface area contributed by atoms with E-state index in [9.17, 15) is 19.8 Å². The first-order chi connectivity index (χ1) is 19.9. The van der Waals surface area contributed by atoms with Gasteiger partial charge in [0.15, 0.2) is 0 Å². The smallest absolute Gasteiger partial charge is 0.227 e. The number of fused-ring (bicyclic) bond motifs is 6. The van der Waals surface area contributed by atoms with E-state index in [2.05, 4.69) is 0 Å². The molecule has 4 aromatic rings. The van der Waals surface area contributed by atoms with Gasteiger partial charge in [-0.15, -0.1) is 23.2 Å². The third kappa shape index (κ3) is 4.98. The Morgan fingerprint density at radius 1 is 0.707 bits per heavy atom. The second kappa shape index (κ2) is 11.6. The molecule has 2 N–H and O–H groups in total. The minimum atomic E-state index is -0.0202. The minimum Gasteiger partial charge on any atom is -0.507 e. The summed E-state index contributed by atoms with van der Waals surface area (Å²) < 4.78 is 0. The number of rotatable bonds is 8. The van der Waals surface area contributed by atoms with Crippen molar-refractivity contribution >= 4 is 79.7 Å². The standard InChI is InChI=1S/C32H30Cl2N2O4S/c33-15-19-17-35(25-13-27(37)21-5-1-3-7-23(21)31(19)25)29(39)9-11-41-12-10-30(40)36-18-20(16-34)32-24-8-4-2-6-22(24)28(38)14-26(32)36/h1-8,13-14,19-20,37-38H,9-12,15-18H2/t19-,20-/m1/s1. The Morgan fingerprint density at radius 3 is 1.49 bits per heavy atom. The molecular formula is C32H30Cl2N2O4S. The Labute approximate surface area is 252 Å². The Balaban J connectivity index is 1.08. The fraction of sp³-hybridized carbons (Fsp3) is 0.312. The molecule has 6 nitrogen and oxygen atoms in total. The fourth-order valence-electron chi connectivity index (χ4n) is 6.27. The summed E-state index contributed by atoms with van der Waals surface area (Å²) in [5, 5.41) is 24.6. The van der Waals surface area contributed by atoms with Gasteiger partial charge >= 0.3 is 0 Å². The lowest BCUT2D eigenvalue weighted by Gasteiger charge is -2.19. The first-order valence-corrected chi connectivity index (χ1v) is 15.9. The molecule has 0 radical (unpaired) electrons. The number of thioether (sulfide) groups is 1. The maximum atomic E-state index is 13.2. The van der Waals surface area contributed by atoms with Crippen LogP contribution in [0.25, 0.3) is 21.5 Å². The molecule has 212 valence electrons. The lowest BCUT2D eigenvalue weighted by Crippen LogP contribution is -2.31. The third-order valence-electron chi connectivity index (χ3n) is 8.18. The van der Waals surface area contributed by atoms with Crippen LogP contribution in [0.15, 0.2) is 60.7 Å². The quantitative estimate of drug-likeness (QED) is 0.167. The number of nitrogens with zero attached hydrogens (tertiary/aromatic N) is 2. The molecule has 2 aliphatic heterocycles. The van der Waals surface area contributed by atoms with Crippen LogP contribution >= 0.6 is 35.0 Å². The van der Waals surface area contributed by atoms with E-state index in [1.165, 1.54) is 0 Å². The van der Waals surface area contributed by atoms with Crippen molar-refractivity contribution < 1.29 is 19.8 Å². The third-order valence-corrected chi connectivity index (χ3v) is 9.91. The summed E-state index contributed by atoms with van der Waals surface area (Å²) in [6.45, 7) is 0.984. The van der Waals surface area contributed by atoms with Crippen LogP contribution in [0.5, 0.6) is 11.5 Å². The summed E-state index contributed by atoms with van der Waals surface area (Å²) in [5.41, 5.74) is 3.49. The topological polar surface area (TPSA) is 81.1 Å². The predicted molar refractivity (Wildman–Crippen MR) is 169 cm³/mol. The van der Waals surface area contributed by atoms with Gasteiger partial charge in [-0.2, -0.15) is 11.8 Å². The molecule has 41 heavy (non-hydrogen) atoms. The monoisotopic (exact) mass is 608 g/mol. The SMILES string of the molecule is O=C(CCSCCC(=O)N1C[C@@H](CCl)c2c1cc(O)c1ccccc21)N1C[C@@H](CCl)c2c1cc(O)c1ccccc21. The van der Waals surface area contributed by atoms with Gasteiger partial charge in [0, 0.05) is 83.9 Å². The maximum absolute atomic E-state index is 13.2. The summed E-state index contributed by atoms with van der Waals surface area (Å²) in [6.07, 6.45) is 0.642. The average Bonchev–Trinajstić information content (AvgIpc) is 3.55. The minimum absolute atomic E-state index is 0.00287. The van der Waals surface area contributed by atoms with Crippen LogP contribution in [-0.2, 0) is 9.59 Å². The normalized spacial score (nSPS) is 17.8. The Morgan fingerprint density at radius 2 is 1.10 bits per heavy atom. The lowest BCUT2D eigenvalue weighted by molar-refractivity contribution is -0.118. The molecule has 0 fully saturated rings. The molecule has 0 aliphatic carbocycles. The number of aromatic hydroxyl groups is 2. The number of hydrogen-bond acceptors (Lipinski definition) is 5. The molecule has 0 spiro atoms. The highest BCUT2D eigenvalue weighted by Crippen LogP contribution is 2.46. The van der Waals surface area contributed by atoms with Crippen molar-refractivity contribution in [1.29, 1.82) is 0 Å². The number of carbonyl (C=O) groups excluding carboxylic acids is 2. The zero-order valence-corrected chi connectivity index (χ0v) is 24.7. The first-order valence-electron chi connectivity index (χ1n) is 13.7. The fourth-order valence-corrected chi connectivity index (χ4v) is 7.61. The number of carbonyl (C=O) groups is 2. The molecule has 9 heteroatoms.